The van der Waals surface area contributed by atoms with Gasteiger partial charge in [-0.25, -0.2) is 4.68 Å². The fourth-order valence-electron chi connectivity index (χ4n) is 1.66. The van der Waals surface area contributed by atoms with Crippen LogP contribution in [0.3, 0.4) is 0 Å². The molecule has 0 amide bonds. The van der Waals surface area contributed by atoms with Crippen molar-refractivity contribution in [1.82, 2.24) is 9.78 Å². The summed E-state index contributed by atoms with van der Waals surface area (Å²) in [6.07, 6.45) is 0. The van der Waals surface area contributed by atoms with Crippen LogP contribution in [0.1, 0.15) is 28.0 Å². The number of nitro groups is 1. The first kappa shape index (κ1) is 12.4. The van der Waals surface area contributed by atoms with E-state index in [0.29, 0.717) is 9.88 Å². The van der Waals surface area contributed by atoms with Crippen LogP contribution in [0.15, 0.2) is 12.1 Å². The minimum atomic E-state index is -0.491. The molecule has 0 fully saturated rings. The number of hydrogen-bond acceptors (Lipinski definition) is 5. The Hall–Kier alpha value is -2.02. The van der Waals surface area contributed by atoms with E-state index in [-0.39, 0.29) is 11.5 Å². The quantitative estimate of drug-likeness (QED) is 0.485. The summed E-state index contributed by atoms with van der Waals surface area (Å²) < 4.78 is 1.50. The van der Waals surface area contributed by atoms with Gasteiger partial charge in [-0.2, -0.15) is 5.10 Å². The van der Waals surface area contributed by atoms with Gasteiger partial charge in [-0.05, 0) is 26.8 Å². The highest BCUT2D eigenvalue weighted by molar-refractivity contribution is 7.17. The first-order valence-electron chi connectivity index (χ1n) is 5.23. The van der Waals surface area contributed by atoms with Gasteiger partial charge < -0.3 is 0 Å². The minimum Gasteiger partial charge on any atom is -0.294 e. The number of ketones is 1. The second-order valence-electron chi connectivity index (χ2n) is 3.95. The fraction of sp³-hybridized carbons (Fsp3) is 0.273. The average Bonchev–Trinajstić information content (AvgIpc) is 2.81. The van der Waals surface area contributed by atoms with Gasteiger partial charge >= 0.3 is 5.69 Å². The third-order valence-corrected chi connectivity index (χ3v) is 3.64. The maximum atomic E-state index is 11.3. The van der Waals surface area contributed by atoms with Crippen molar-refractivity contribution in [2.45, 2.75) is 20.8 Å². The van der Waals surface area contributed by atoms with Crippen LogP contribution in [0.25, 0.3) is 5.00 Å². The van der Waals surface area contributed by atoms with E-state index in [1.807, 2.05) is 19.9 Å². The molecule has 2 heterocycles. The van der Waals surface area contributed by atoms with Gasteiger partial charge in [-0.1, -0.05) is 0 Å². The smallest absolute Gasteiger partial charge is 0.294 e. The molecule has 0 spiro atoms. The molecule has 94 valence electrons. The van der Waals surface area contributed by atoms with Crippen molar-refractivity contribution in [2.75, 3.05) is 0 Å². The standard InChI is InChI=1S/C11H11N3O3S/c1-6-4-7(2)13(12-6)11-9(14(16)17)5-10(18-11)8(3)15/h4-5H,1-3H3. The third-order valence-electron chi connectivity index (χ3n) is 2.44. The van der Waals surface area contributed by atoms with Crippen LogP contribution in [0, 0.1) is 24.0 Å². The zero-order valence-corrected chi connectivity index (χ0v) is 10.9. The number of hydrogen-bond donors (Lipinski definition) is 0. The molecule has 18 heavy (non-hydrogen) atoms. The van der Waals surface area contributed by atoms with Crippen molar-refractivity contribution in [3.63, 3.8) is 0 Å². The lowest BCUT2D eigenvalue weighted by molar-refractivity contribution is -0.384. The van der Waals surface area contributed by atoms with Gasteiger partial charge in [0.2, 0.25) is 0 Å². The van der Waals surface area contributed by atoms with Crippen molar-refractivity contribution in [3.05, 3.63) is 38.5 Å². The minimum absolute atomic E-state index is 0.0867. The van der Waals surface area contributed by atoms with Gasteiger partial charge in [0.1, 0.15) is 0 Å². The largest absolute Gasteiger partial charge is 0.306 e. The SMILES string of the molecule is CC(=O)c1cc([N+](=O)[O-])c(-n2nc(C)cc2C)s1. The molecule has 6 nitrogen and oxygen atoms in total. The van der Waals surface area contributed by atoms with Gasteiger partial charge in [-0.3, -0.25) is 14.9 Å². The van der Waals surface area contributed by atoms with Crippen molar-refractivity contribution in [2.24, 2.45) is 0 Å². The molecule has 7 heteroatoms. The van der Waals surface area contributed by atoms with Crippen molar-refractivity contribution >= 4 is 22.8 Å². The van der Waals surface area contributed by atoms with Crippen molar-refractivity contribution < 1.29 is 9.72 Å². The van der Waals surface area contributed by atoms with E-state index in [2.05, 4.69) is 5.10 Å². The Morgan fingerprint density at radius 3 is 2.56 bits per heavy atom. The highest BCUT2D eigenvalue weighted by atomic mass is 32.1. The monoisotopic (exact) mass is 265 g/mol. The Morgan fingerprint density at radius 1 is 1.44 bits per heavy atom. The van der Waals surface area contributed by atoms with E-state index < -0.39 is 4.92 Å². The summed E-state index contributed by atoms with van der Waals surface area (Å²) >= 11 is 1.09. The van der Waals surface area contributed by atoms with E-state index in [9.17, 15) is 14.9 Å². The van der Waals surface area contributed by atoms with Crippen LogP contribution >= 0.6 is 11.3 Å². The molecule has 0 N–H and O–H groups in total. The van der Waals surface area contributed by atoms with Crippen molar-refractivity contribution in [1.29, 1.82) is 0 Å². The number of carbonyl (C=O) groups excluding carboxylic acids is 1. The predicted octanol–water partition coefficient (Wildman–Crippen LogP) is 2.66. The summed E-state index contributed by atoms with van der Waals surface area (Å²) in [4.78, 5) is 22.2. The molecule has 0 aliphatic carbocycles. The van der Waals surface area contributed by atoms with Gasteiger partial charge in [0, 0.05) is 11.8 Å². The maximum Gasteiger partial charge on any atom is 0.306 e. The Bertz CT molecular complexity index is 642. The number of rotatable bonds is 3. The summed E-state index contributed by atoms with van der Waals surface area (Å²) in [7, 11) is 0. The van der Waals surface area contributed by atoms with Gasteiger partial charge in [0.15, 0.2) is 10.8 Å². The van der Waals surface area contributed by atoms with Crippen LogP contribution in [-0.2, 0) is 0 Å². The number of carbonyl (C=O) groups is 1. The van der Waals surface area contributed by atoms with Crippen LogP contribution in [0.2, 0.25) is 0 Å². The Morgan fingerprint density at radius 2 is 2.11 bits per heavy atom. The number of aromatic nitrogens is 2. The highest BCUT2D eigenvalue weighted by Gasteiger charge is 2.23. The maximum absolute atomic E-state index is 11.3. The zero-order valence-electron chi connectivity index (χ0n) is 10.1. The third kappa shape index (κ3) is 2.04. The van der Waals surface area contributed by atoms with Crippen LogP contribution < -0.4 is 0 Å². The van der Waals surface area contributed by atoms with Gasteiger partial charge in [0.25, 0.3) is 0 Å². The van der Waals surface area contributed by atoms with Crippen LogP contribution in [0.5, 0.6) is 0 Å². The van der Waals surface area contributed by atoms with Crippen molar-refractivity contribution in [3.8, 4) is 5.00 Å². The molecule has 0 bridgehead atoms. The second kappa shape index (κ2) is 4.34. The molecular formula is C11H11N3O3S. The molecule has 2 aromatic rings. The summed E-state index contributed by atoms with van der Waals surface area (Å²) in [5.74, 6) is -0.184. The molecule has 2 aromatic heterocycles. The van der Waals surface area contributed by atoms with E-state index >= 15 is 0 Å². The molecule has 0 atom stereocenters. The molecule has 0 saturated heterocycles. The zero-order chi connectivity index (χ0) is 13.4. The number of thiophene rings is 1. The fourth-order valence-corrected chi connectivity index (χ4v) is 2.69. The molecule has 0 unspecified atom stereocenters. The summed E-state index contributed by atoms with van der Waals surface area (Å²) in [6, 6.07) is 3.13. The van der Waals surface area contributed by atoms with Gasteiger partial charge in [0.05, 0.1) is 15.5 Å². The molecular weight excluding hydrogens is 254 g/mol. The second-order valence-corrected chi connectivity index (χ2v) is 4.98. The summed E-state index contributed by atoms with van der Waals surface area (Å²) in [5.41, 5.74) is 1.49. The van der Waals surface area contributed by atoms with E-state index in [1.165, 1.54) is 17.7 Å². The van der Waals surface area contributed by atoms with E-state index in [4.69, 9.17) is 0 Å². The number of nitrogens with zero attached hydrogens (tertiary/aromatic N) is 3. The lowest BCUT2D eigenvalue weighted by Crippen LogP contribution is -1.99. The van der Waals surface area contributed by atoms with E-state index in [0.717, 1.165) is 22.7 Å². The van der Waals surface area contributed by atoms with Crippen LogP contribution in [0.4, 0.5) is 5.69 Å². The first-order valence-corrected chi connectivity index (χ1v) is 6.04. The Labute approximate surface area is 107 Å². The molecule has 0 aliphatic rings. The lowest BCUT2D eigenvalue weighted by atomic mass is 10.3. The number of aryl methyl sites for hydroxylation is 2. The Kier molecular flexibility index (Phi) is 3.00. The first-order chi connectivity index (χ1) is 8.40. The summed E-state index contributed by atoms with van der Waals surface area (Å²) in [5, 5.41) is 15.6. The number of Topliss-reactive ketones (excluding diaryl/α,β-unsaturated/α-hetero) is 1. The molecule has 0 saturated carbocycles. The highest BCUT2D eigenvalue weighted by Crippen LogP contribution is 2.33. The molecule has 0 aromatic carbocycles. The average molecular weight is 265 g/mol. The van der Waals surface area contributed by atoms with Gasteiger partial charge in [-0.15, -0.1) is 11.3 Å². The normalized spacial score (nSPS) is 10.6. The lowest BCUT2D eigenvalue weighted by Gasteiger charge is -1.99. The molecule has 0 radical (unpaired) electrons. The predicted molar refractivity (Wildman–Crippen MR) is 67.6 cm³/mol. The topological polar surface area (TPSA) is 78.0 Å². The molecule has 2 rings (SSSR count). The van der Waals surface area contributed by atoms with Crippen LogP contribution in [-0.4, -0.2) is 20.5 Å². The van der Waals surface area contributed by atoms with E-state index in [1.54, 1.807) is 0 Å². The molecule has 0 aliphatic heterocycles. The Balaban J connectivity index is 2.66. The summed E-state index contributed by atoms with van der Waals surface area (Å²) in [6.45, 7) is 5.02.